The lowest BCUT2D eigenvalue weighted by molar-refractivity contribution is 0.588. The summed E-state index contributed by atoms with van der Waals surface area (Å²) in [6, 6.07) is 37.9. The Morgan fingerprint density at radius 1 is 0.571 bits per heavy atom. The number of nitrogens with zero attached hydrogens (tertiary/aromatic N) is 2. The number of benzene rings is 3. The molecule has 2 aromatic heterocycles. The third kappa shape index (κ3) is 4.46. The van der Waals surface area contributed by atoms with Crippen LogP contribution in [0, 0.1) is 0 Å². The zero-order valence-electron chi connectivity index (χ0n) is 26.3. The molecule has 0 saturated carbocycles. The second-order valence-electron chi connectivity index (χ2n) is 14.4. The average molecular weight is 567 g/mol. The molecule has 0 amide bonds. The minimum atomic E-state index is -2.14. The maximum absolute atomic E-state index is 5.48. The van der Waals surface area contributed by atoms with Crippen LogP contribution in [-0.2, 0) is 16.2 Å². The van der Waals surface area contributed by atoms with E-state index >= 15 is 0 Å². The highest BCUT2D eigenvalue weighted by Gasteiger charge is 2.52. The fraction of sp³-hybridized carbons (Fsp3) is 0.282. The maximum atomic E-state index is 5.48. The monoisotopic (exact) mass is 566 g/mol. The first-order chi connectivity index (χ1) is 19.8. The van der Waals surface area contributed by atoms with Gasteiger partial charge in [-0.2, -0.15) is 0 Å². The van der Waals surface area contributed by atoms with Crippen LogP contribution in [-0.4, -0.2) is 18.0 Å². The van der Waals surface area contributed by atoms with Gasteiger partial charge in [0, 0.05) is 11.8 Å². The summed E-state index contributed by atoms with van der Waals surface area (Å²) in [7, 11) is -2.14. The Balaban J connectivity index is 1.78. The molecule has 3 aromatic carbocycles. The third-order valence-corrected chi connectivity index (χ3v) is 12.7. The SMILES string of the molecule is CC(C)(C)c1ccc2c(c1)[Si](C)(C)c1cc(C(C)(C)C)ccc1C2(c1ccccn1)c1cccc(-c2ccccc2)n1. The van der Waals surface area contributed by atoms with Gasteiger partial charge in [0.15, 0.2) is 0 Å². The lowest BCUT2D eigenvalue weighted by Gasteiger charge is -2.47. The van der Waals surface area contributed by atoms with Crippen LogP contribution >= 0.6 is 0 Å². The van der Waals surface area contributed by atoms with Gasteiger partial charge in [-0.1, -0.05) is 133 Å². The summed E-state index contributed by atoms with van der Waals surface area (Å²) in [5.74, 6) is 0. The van der Waals surface area contributed by atoms with Crippen molar-refractivity contribution in [3.8, 4) is 11.3 Å². The van der Waals surface area contributed by atoms with Gasteiger partial charge in [-0.25, -0.2) is 0 Å². The van der Waals surface area contributed by atoms with Crippen molar-refractivity contribution >= 4 is 18.4 Å². The number of rotatable bonds is 3. The number of fused-ring (bicyclic) bond motifs is 2. The Bertz CT molecular complexity index is 1690. The Hall–Kier alpha value is -3.82. The molecule has 2 nitrogen and oxygen atoms in total. The van der Waals surface area contributed by atoms with Crippen molar-refractivity contribution in [1.82, 2.24) is 9.97 Å². The van der Waals surface area contributed by atoms with Crippen LogP contribution in [0.3, 0.4) is 0 Å². The lowest BCUT2D eigenvalue weighted by Crippen LogP contribution is -2.64. The summed E-state index contributed by atoms with van der Waals surface area (Å²) >= 11 is 0. The van der Waals surface area contributed by atoms with Gasteiger partial charge in [0.05, 0.1) is 17.1 Å². The van der Waals surface area contributed by atoms with Gasteiger partial charge < -0.3 is 0 Å². The largest absolute Gasteiger partial charge is 0.260 e. The molecule has 0 atom stereocenters. The normalized spacial score (nSPS) is 15.5. The first-order valence-electron chi connectivity index (χ1n) is 15.1. The molecule has 0 bridgehead atoms. The van der Waals surface area contributed by atoms with E-state index in [0.29, 0.717) is 0 Å². The molecule has 6 rings (SSSR count). The smallest absolute Gasteiger partial charge is 0.113 e. The molecule has 5 aromatic rings. The Kier molecular flexibility index (Phi) is 6.66. The zero-order valence-corrected chi connectivity index (χ0v) is 27.3. The van der Waals surface area contributed by atoms with Crippen LogP contribution in [0.25, 0.3) is 11.3 Å². The quantitative estimate of drug-likeness (QED) is 0.206. The van der Waals surface area contributed by atoms with Crippen LogP contribution in [0.5, 0.6) is 0 Å². The molecule has 0 aliphatic carbocycles. The van der Waals surface area contributed by atoms with E-state index in [1.807, 2.05) is 12.3 Å². The van der Waals surface area contributed by atoms with E-state index in [9.17, 15) is 0 Å². The number of aromatic nitrogens is 2. The Morgan fingerprint density at radius 2 is 1.12 bits per heavy atom. The molecule has 1 aliphatic heterocycles. The molecule has 0 saturated heterocycles. The molecule has 3 heterocycles. The summed E-state index contributed by atoms with van der Waals surface area (Å²) in [6.45, 7) is 18.9. The van der Waals surface area contributed by atoms with Gasteiger partial charge in [-0.15, -0.1) is 0 Å². The zero-order chi connectivity index (χ0) is 29.9. The van der Waals surface area contributed by atoms with Gasteiger partial charge in [0.1, 0.15) is 13.5 Å². The van der Waals surface area contributed by atoms with Crippen molar-refractivity contribution in [3.05, 3.63) is 143 Å². The first-order valence-corrected chi connectivity index (χ1v) is 18.1. The van der Waals surface area contributed by atoms with E-state index in [4.69, 9.17) is 9.97 Å². The molecule has 0 radical (unpaired) electrons. The first kappa shape index (κ1) is 28.3. The van der Waals surface area contributed by atoms with Gasteiger partial charge >= 0.3 is 0 Å². The van der Waals surface area contributed by atoms with E-state index in [1.165, 1.54) is 32.6 Å². The van der Waals surface area contributed by atoms with Crippen molar-refractivity contribution in [3.63, 3.8) is 0 Å². The number of pyridine rings is 2. The molecule has 1 aliphatic rings. The second-order valence-corrected chi connectivity index (χ2v) is 18.7. The number of hydrogen-bond acceptors (Lipinski definition) is 2. The highest BCUT2D eigenvalue weighted by Crippen LogP contribution is 2.47. The molecular weight excluding hydrogens is 525 g/mol. The highest BCUT2D eigenvalue weighted by atomic mass is 28.3. The molecule has 0 fully saturated rings. The minimum absolute atomic E-state index is 0.0478. The van der Waals surface area contributed by atoms with Crippen molar-refractivity contribution in [1.29, 1.82) is 0 Å². The lowest BCUT2D eigenvalue weighted by atomic mass is 9.67. The van der Waals surface area contributed by atoms with Crippen LogP contribution < -0.4 is 10.4 Å². The van der Waals surface area contributed by atoms with Gasteiger partial charge in [0.25, 0.3) is 0 Å². The molecule has 0 unspecified atom stereocenters. The summed E-state index contributed by atoms with van der Waals surface area (Å²) in [5, 5.41) is 2.96. The van der Waals surface area contributed by atoms with E-state index in [2.05, 4.69) is 152 Å². The highest BCUT2D eigenvalue weighted by molar-refractivity contribution is 7.01. The second kappa shape index (κ2) is 9.88. The van der Waals surface area contributed by atoms with Crippen LogP contribution in [0.4, 0.5) is 0 Å². The Labute approximate surface area is 252 Å². The van der Waals surface area contributed by atoms with Gasteiger partial charge in [-0.05, 0) is 67.7 Å². The molecule has 3 heteroatoms. The minimum Gasteiger partial charge on any atom is -0.260 e. The molecule has 212 valence electrons. The van der Waals surface area contributed by atoms with Crippen molar-refractivity contribution in [2.75, 3.05) is 0 Å². The van der Waals surface area contributed by atoms with Crippen molar-refractivity contribution < 1.29 is 0 Å². The van der Waals surface area contributed by atoms with Crippen LogP contribution in [0.1, 0.15) is 75.2 Å². The van der Waals surface area contributed by atoms with E-state index in [0.717, 1.165) is 22.6 Å². The third-order valence-electron chi connectivity index (χ3n) is 9.18. The fourth-order valence-electron chi connectivity index (χ4n) is 6.68. The maximum Gasteiger partial charge on any atom is 0.113 e. The fourth-order valence-corrected chi connectivity index (χ4v) is 9.89. The van der Waals surface area contributed by atoms with Gasteiger partial charge in [-0.3, -0.25) is 9.97 Å². The van der Waals surface area contributed by atoms with E-state index < -0.39 is 13.5 Å². The standard InChI is InChI=1S/C39H42N2Si/c1-37(2,3)28-20-22-30-33(25-28)42(7,8)34-26-29(38(4,5)6)21-23-31(34)39(30,35-18-12-13-24-40-35)36-19-14-17-32(41-36)27-15-10-9-11-16-27/h9-26H,1-8H3. The predicted molar refractivity (Wildman–Crippen MR) is 180 cm³/mol. The van der Waals surface area contributed by atoms with Crippen LogP contribution in [0.2, 0.25) is 13.1 Å². The predicted octanol–water partition coefficient (Wildman–Crippen LogP) is 8.26. The number of hydrogen-bond donors (Lipinski definition) is 0. The summed E-state index contributed by atoms with van der Waals surface area (Å²) < 4.78 is 0. The van der Waals surface area contributed by atoms with E-state index in [1.54, 1.807) is 0 Å². The topological polar surface area (TPSA) is 25.8 Å². The van der Waals surface area contributed by atoms with Crippen molar-refractivity contribution in [2.24, 2.45) is 0 Å². The van der Waals surface area contributed by atoms with Crippen LogP contribution in [0.15, 0.2) is 109 Å². The summed E-state index contributed by atoms with van der Waals surface area (Å²) in [5.41, 5.74) is 8.96. The van der Waals surface area contributed by atoms with Crippen molar-refractivity contribution in [2.45, 2.75) is 70.9 Å². The molecule has 42 heavy (non-hydrogen) atoms. The average Bonchev–Trinajstić information content (AvgIpc) is 2.97. The summed E-state index contributed by atoms with van der Waals surface area (Å²) in [4.78, 5) is 10.6. The summed E-state index contributed by atoms with van der Waals surface area (Å²) in [6.07, 6.45) is 1.93. The molecule has 0 N–H and O–H groups in total. The van der Waals surface area contributed by atoms with Gasteiger partial charge in [0.2, 0.25) is 0 Å². The van der Waals surface area contributed by atoms with E-state index in [-0.39, 0.29) is 10.8 Å². The molecule has 0 spiro atoms. The Morgan fingerprint density at radius 3 is 1.64 bits per heavy atom. The molecular formula is C39H42N2Si.